The van der Waals surface area contributed by atoms with Gasteiger partial charge in [0.25, 0.3) is 0 Å². The number of hydrogen-bond donors (Lipinski definition) is 1. The summed E-state index contributed by atoms with van der Waals surface area (Å²) in [5.41, 5.74) is 0. The number of nitrogens with one attached hydrogen (secondary N) is 1. The van der Waals surface area contributed by atoms with Gasteiger partial charge < -0.3 is 24.4 Å². The molecule has 2 heterocycles. The third-order valence-electron chi connectivity index (χ3n) is 5.18. The number of para-hydroxylation sites is 2. The van der Waals surface area contributed by atoms with Gasteiger partial charge in [0.2, 0.25) is 11.8 Å². The Morgan fingerprint density at radius 2 is 2.00 bits per heavy atom. The van der Waals surface area contributed by atoms with Crippen LogP contribution in [0, 0.1) is 11.8 Å². The molecule has 7 heteroatoms. The average Bonchev–Trinajstić information content (AvgIpc) is 3.08. The van der Waals surface area contributed by atoms with Crippen molar-refractivity contribution in [3.8, 4) is 11.5 Å². The van der Waals surface area contributed by atoms with Gasteiger partial charge in [0, 0.05) is 32.7 Å². The first kappa shape index (κ1) is 19.5. The highest BCUT2D eigenvalue weighted by Gasteiger charge is 2.34. The first-order chi connectivity index (χ1) is 13.2. The van der Waals surface area contributed by atoms with E-state index in [9.17, 15) is 9.59 Å². The lowest BCUT2D eigenvalue weighted by Crippen LogP contribution is -2.37. The first-order valence-electron chi connectivity index (χ1n) is 9.56. The minimum absolute atomic E-state index is 0.00448. The van der Waals surface area contributed by atoms with Crippen LogP contribution >= 0.6 is 0 Å². The summed E-state index contributed by atoms with van der Waals surface area (Å²) in [4.78, 5) is 26.3. The van der Waals surface area contributed by atoms with E-state index in [2.05, 4.69) is 5.32 Å². The zero-order valence-corrected chi connectivity index (χ0v) is 15.8. The van der Waals surface area contributed by atoms with Crippen LogP contribution in [-0.2, 0) is 14.3 Å². The van der Waals surface area contributed by atoms with Crippen molar-refractivity contribution in [3.05, 3.63) is 24.3 Å². The van der Waals surface area contributed by atoms with Crippen molar-refractivity contribution in [2.75, 3.05) is 46.6 Å². The van der Waals surface area contributed by atoms with Crippen LogP contribution in [0.15, 0.2) is 24.3 Å². The van der Waals surface area contributed by atoms with Crippen LogP contribution in [0.5, 0.6) is 11.5 Å². The summed E-state index contributed by atoms with van der Waals surface area (Å²) in [6, 6.07) is 7.41. The number of benzene rings is 1. The van der Waals surface area contributed by atoms with Gasteiger partial charge in [-0.25, -0.2) is 0 Å². The van der Waals surface area contributed by atoms with Crippen molar-refractivity contribution in [2.45, 2.75) is 19.3 Å². The Labute approximate surface area is 160 Å². The maximum atomic E-state index is 12.4. The van der Waals surface area contributed by atoms with Crippen LogP contribution in [0.4, 0.5) is 0 Å². The Kier molecular flexibility index (Phi) is 6.92. The van der Waals surface area contributed by atoms with Crippen molar-refractivity contribution >= 4 is 11.8 Å². The minimum Gasteiger partial charge on any atom is -0.493 e. The van der Waals surface area contributed by atoms with E-state index in [1.165, 1.54) is 0 Å². The molecule has 3 rings (SSSR count). The molecule has 2 saturated heterocycles. The number of rotatable bonds is 8. The van der Waals surface area contributed by atoms with Gasteiger partial charge in [0.1, 0.15) is 6.61 Å². The molecule has 1 unspecified atom stereocenters. The molecule has 1 aromatic carbocycles. The van der Waals surface area contributed by atoms with E-state index in [4.69, 9.17) is 14.2 Å². The number of hydrogen-bond acceptors (Lipinski definition) is 5. The lowest BCUT2D eigenvalue weighted by molar-refractivity contribution is -0.129. The maximum Gasteiger partial charge on any atom is 0.225 e. The quantitative estimate of drug-likeness (QED) is 0.743. The summed E-state index contributed by atoms with van der Waals surface area (Å²) >= 11 is 0. The number of methoxy groups -OCH3 is 1. The van der Waals surface area contributed by atoms with Crippen LogP contribution < -0.4 is 14.8 Å². The standard InChI is InChI=1S/C20H28N2O5/c1-25-17-4-2-3-5-18(17)27-11-8-22-14-16(12-19(22)23)20(24)21-13-15-6-9-26-10-7-15/h2-5,15-16H,6-14H2,1H3,(H,21,24). The highest BCUT2D eigenvalue weighted by molar-refractivity contribution is 5.89. The average molecular weight is 376 g/mol. The van der Waals surface area contributed by atoms with E-state index < -0.39 is 0 Å². The third-order valence-corrected chi connectivity index (χ3v) is 5.18. The van der Waals surface area contributed by atoms with Gasteiger partial charge in [-0.05, 0) is 30.9 Å². The Balaban J connectivity index is 1.41. The van der Waals surface area contributed by atoms with Gasteiger partial charge in [-0.3, -0.25) is 9.59 Å². The molecule has 1 aromatic rings. The molecule has 27 heavy (non-hydrogen) atoms. The van der Waals surface area contributed by atoms with Crippen LogP contribution in [0.2, 0.25) is 0 Å². The zero-order valence-electron chi connectivity index (χ0n) is 15.8. The summed E-state index contributed by atoms with van der Waals surface area (Å²) in [7, 11) is 1.59. The normalized spacial score (nSPS) is 20.6. The molecule has 0 spiro atoms. The molecular formula is C20H28N2O5. The second kappa shape index (κ2) is 9.60. The van der Waals surface area contributed by atoms with Crippen LogP contribution in [0.3, 0.4) is 0 Å². The monoisotopic (exact) mass is 376 g/mol. The van der Waals surface area contributed by atoms with Crippen LogP contribution in [-0.4, -0.2) is 63.3 Å². The van der Waals surface area contributed by atoms with Crippen molar-refractivity contribution in [3.63, 3.8) is 0 Å². The van der Waals surface area contributed by atoms with Crippen molar-refractivity contribution in [1.29, 1.82) is 0 Å². The second-order valence-electron chi connectivity index (χ2n) is 7.04. The van der Waals surface area contributed by atoms with Crippen molar-refractivity contribution < 1.29 is 23.8 Å². The SMILES string of the molecule is COc1ccccc1OCCN1CC(C(=O)NCC2CCOCC2)CC1=O. The molecule has 1 N–H and O–H groups in total. The molecule has 1 atom stereocenters. The number of likely N-dealkylation sites (tertiary alicyclic amines) is 1. The summed E-state index contributed by atoms with van der Waals surface area (Å²) in [6.45, 7) is 3.48. The summed E-state index contributed by atoms with van der Waals surface area (Å²) in [5, 5.41) is 3.01. The molecule has 0 bridgehead atoms. The smallest absolute Gasteiger partial charge is 0.225 e. The van der Waals surface area contributed by atoms with E-state index in [0.29, 0.717) is 43.7 Å². The number of carbonyl (C=O) groups is 2. The summed E-state index contributed by atoms with van der Waals surface area (Å²) in [6.07, 6.45) is 2.24. The molecule has 0 radical (unpaired) electrons. The highest BCUT2D eigenvalue weighted by Crippen LogP contribution is 2.26. The van der Waals surface area contributed by atoms with Crippen molar-refractivity contribution in [1.82, 2.24) is 10.2 Å². The lowest BCUT2D eigenvalue weighted by Gasteiger charge is -2.23. The first-order valence-corrected chi connectivity index (χ1v) is 9.56. The van der Waals surface area contributed by atoms with Crippen molar-refractivity contribution in [2.24, 2.45) is 11.8 Å². The number of ether oxygens (including phenoxy) is 3. The number of nitrogens with zero attached hydrogens (tertiary/aromatic N) is 1. The Morgan fingerprint density at radius 3 is 2.74 bits per heavy atom. The zero-order chi connectivity index (χ0) is 19.1. The van der Waals surface area contributed by atoms with Gasteiger partial charge in [-0.2, -0.15) is 0 Å². The molecule has 2 aliphatic rings. The van der Waals surface area contributed by atoms with Gasteiger partial charge in [-0.1, -0.05) is 12.1 Å². The molecule has 2 aliphatic heterocycles. The fraction of sp³-hybridized carbons (Fsp3) is 0.600. The van der Waals surface area contributed by atoms with E-state index >= 15 is 0 Å². The molecule has 2 amide bonds. The Morgan fingerprint density at radius 1 is 1.26 bits per heavy atom. The van der Waals surface area contributed by atoms with Crippen LogP contribution in [0.25, 0.3) is 0 Å². The fourth-order valence-electron chi connectivity index (χ4n) is 3.51. The fourth-order valence-corrected chi connectivity index (χ4v) is 3.51. The van der Waals surface area contributed by atoms with E-state index in [1.807, 2.05) is 24.3 Å². The molecule has 148 valence electrons. The predicted molar refractivity (Wildman–Crippen MR) is 99.7 cm³/mol. The van der Waals surface area contributed by atoms with E-state index in [1.54, 1.807) is 12.0 Å². The number of amides is 2. The Bertz CT molecular complexity index is 645. The van der Waals surface area contributed by atoms with E-state index in [0.717, 1.165) is 26.1 Å². The molecule has 2 fully saturated rings. The third kappa shape index (κ3) is 5.35. The highest BCUT2D eigenvalue weighted by atomic mass is 16.5. The van der Waals surface area contributed by atoms with Gasteiger partial charge in [0.15, 0.2) is 11.5 Å². The Hall–Kier alpha value is -2.28. The van der Waals surface area contributed by atoms with Gasteiger partial charge >= 0.3 is 0 Å². The van der Waals surface area contributed by atoms with Gasteiger partial charge in [0.05, 0.1) is 19.6 Å². The molecular weight excluding hydrogens is 348 g/mol. The molecule has 7 nitrogen and oxygen atoms in total. The van der Waals surface area contributed by atoms with Crippen LogP contribution in [0.1, 0.15) is 19.3 Å². The second-order valence-corrected chi connectivity index (χ2v) is 7.04. The summed E-state index contributed by atoms with van der Waals surface area (Å²) < 4.78 is 16.3. The lowest BCUT2D eigenvalue weighted by atomic mass is 10.00. The summed E-state index contributed by atoms with van der Waals surface area (Å²) in [5.74, 6) is 1.50. The topological polar surface area (TPSA) is 77.1 Å². The van der Waals surface area contributed by atoms with E-state index in [-0.39, 0.29) is 24.2 Å². The number of carbonyl (C=O) groups excluding carboxylic acids is 2. The minimum atomic E-state index is -0.274. The maximum absolute atomic E-state index is 12.4. The molecule has 0 aliphatic carbocycles. The predicted octanol–water partition coefficient (Wildman–Crippen LogP) is 1.47. The van der Waals surface area contributed by atoms with Gasteiger partial charge in [-0.15, -0.1) is 0 Å². The molecule has 0 saturated carbocycles. The largest absolute Gasteiger partial charge is 0.493 e. The molecule has 0 aromatic heterocycles.